The zero-order chi connectivity index (χ0) is 16.2. The third-order valence-electron chi connectivity index (χ3n) is 4.29. The van der Waals surface area contributed by atoms with Crippen molar-refractivity contribution in [3.8, 4) is 0 Å². The second kappa shape index (κ2) is 6.75. The summed E-state index contributed by atoms with van der Waals surface area (Å²) in [6.07, 6.45) is -0.375. The van der Waals surface area contributed by atoms with Crippen LogP contribution in [0, 0.1) is 5.92 Å². The van der Waals surface area contributed by atoms with Gasteiger partial charge in [0.2, 0.25) is 0 Å². The molecule has 2 aromatic rings. The van der Waals surface area contributed by atoms with E-state index in [1.54, 1.807) is 0 Å². The molecule has 3 rings (SSSR count). The van der Waals surface area contributed by atoms with E-state index in [-0.39, 0.29) is 24.2 Å². The fourth-order valence-corrected chi connectivity index (χ4v) is 3.11. The Labute approximate surface area is 135 Å². The molecule has 23 heavy (non-hydrogen) atoms. The Kier molecular flexibility index (Phi) is 4.53. The summed E-state index contributed by atoms with van der Waals surface area (Å²) in [5.41, 5.74) is 2.37. The largest absolute Gasteiger partial charge is 0.481 e. The first-order chi connectivity index (χ1) is 11.1. The number of carboxylic acid groups (broad SMARTS) is 1. The first-order valence-electron chi connectivity index (χ1n) is 7.73. The zero-order valence-electron chi connectivity index (χ0n) is 12.8. The highest BCUT2D eigenvalue weighted by atomic mass is 16.4. The Bertz CT molecular complexity index is 639. The van der Waals surface area contributed by atoms with Crippen LogP contribution in [0.5, 0.6) is 0 Å². The number of hydrogen-bond acceptors (Lipinski definition) is 3. The number of likely N-dealkylation sites (tertiary alicyclic amines) is 1. The molecule has 1 heterocycles. The van der Waals surface area contributed by atoms with E-state index in [4.69, 9.17) is 5.11 Å². The molecule has 0 atom stereocenters. The standard InChI is InChI=1S/C19H19NO3/c21-17(11-18(22)23)16-12-20(13-16)19(14-7-3-1-4-8-14)15-9-5-2-6-10-15/h1-10,16,19H,11-13H2,(H,22,23). The van der Waals surface area contributed by atoms with E-state index in [1.807, 2.05) is 36.4 Å². The molecular weight excluding hydrogens is 290 g/mol. The molecule has 0 aliphatic carbocycles. The first-order valence-corrected chi connectivity index (χ1v) is 7.73. The van der Waals surface area contributed by atoms with E-state index in [0.29, 0.717) is 13.1 Å². The van der Waals surface area contributed by atoms with Crippen LogP contribution in [0.1, 0.15) is 23.6 Å². The van der Waals surface area contributed by atoms with Gasteiger partial charge >= 0.3 is 5.97 Å². The van der Waals surface area contributed by atoms with Gasteiger partial charge in [-0.05, 0) is 11.1 Å². The number of carbonyl (C=O) groups is 2. The topological polar surface area (TPSA) is 57.6 Å². The zero-order valence-corrected chi connectivity index (χ0v) is 12.8. The van der Waals surface area contributed by atoms with Gasteiger partial charge in [0.15, 0.2) is 0 Å². The van der Waals surface area contributed by atoms with Crippen molar-refractivity contribution in [1.82, 2.24) is 4.90 Å². The molecule has 4 heteroatoms. The van der Waals surface area contributed by atoms with Crippen molar-refractivity contribution in [3.63, 3.8) is 0 Å². The Morgan fingerprint density at radius 1 is 0.957 bits per heavy atom. The van der Waals surface area contributed by atoms with Gasteiger partial charge < -0.3 is 5.11 Å². The number of hydrogen-bond donors (Lipinski definition) is 1. The van der Waals surface area contributed by atoms with Gasteiger partial charge in [0.05, 0.1) is 6.04 Å². The quantitative estimate of drug-likeness (QED) is 0.834. The summed E-state index contributed by atoms with van der Waals surface area (Å²) in [7, 11) is 0. The fraction of sp³-hybridized carbons (Fsp3) is 0.263. The molecule has 118 valence electrons. The molecule has 1 fully saturated rings. The van der Waals surface area contributed by atoms with Gasteiger partial charge in [-0.2, -0.15) is 0 Å². The van der Waals surface area contributed by atoms with Gasteiger partial charge in [-0.25, -0.2) is 0 Å². The van der Waals surface area contributed by atoms with Gasteiger partial charge in [0, 0.05) is 19.0 Å². The lowest BCUT2D eigenvalue weighted by atomic mass is 9.87. The highest BCUT2D eigenvalue weighted by molar-refractivity contribution is 5.96. The van der Waals surface area contributed by atoms with Crippen LogP contribution >= 0.6 is 0 Å². The lowest BCUT2D eigenvalue weighted by Gasteiger charge is -2.44. The summed E-state index contributed by atoms with van der Waals surface area (Å²) in [5, 5.41) is 8.75. The molecule has 4 nitrogen and oxygen atoms in total. The van der Waals surface area contributed by atoms with Crippen LogP contribution in [-0.4, -0.2) is 34.8 Å². The minimum Gasteiger partial charge on any atom is -0.481 e. The third-order valence-corrected chi connectivity index (χ3v) is 4.29. The maximum absolute atomic E-state index is 11.9. The second-order valence-electron chi connectivity index (χ2n) is 5.91. The van der Waals surface area contributed by atoms with Gasteiger partial charge in [-0.15, -0.1) is 0 Å². The molecule has 1 aliphatic heterocycles. The molecule has 0 aromatic heterocycles. The highest BCUT2D eigenvalue weighted by Crippen LogP contribution is 2.34. The molecule has 1 N–H and O–H groups in total. The van der Waals surface area contributed by atoms with E-state index < -0.39 is 5.97 Å². The molecule has 0 bridgehead atoms. The maximum Gasteiger partial charge on any atom is 0.310 e. The minimum absolute atomic E-state index is 0.103. The monoisotopic (exact) mass is 309 g/mol. The molecule has 0 saturated carbocycles. The van der Waals surface area contributed by atoms with Crippen LogP contribution in [0.2, 0.25) is 0 Å². The van der Waals surface area contributed by atoms with Crippen LogP contribution in [0.15, 0.2) is 60.7 Å². The average molecular weight is 309 g/mol. The summed E-state index contributed by atoms with van der Waals surface area (Å²) >= 11 is 0. The molecule has 1 aliphatic rings. The Morgan fingerprint density at radius 2 is 1.43 bits per heavy atom. The number of ketones is 1. The molecule has 0 radical (unpaired) electrons. The van der Waals surface area contributed by atoms with Gasteiger partial charge in [-0.1, -0.05) is 60.7 Å². The lowest BCUT2D eigenvalue weighted by Crippen LogP contribution is -2.52. The van der Waals surface area contributed by atoms with Crippen molar-refractivity contribution in [3.05, 3.63) is 71.8 Å². The van der Waals surface area contributed by atoms with Crippen molar-refractivity contribution >= 4 is 11.8 Å². The molecule has 2 aromatic carbocycles. The van der Waals surface area contributed by atoms with E-state index >= 15 is 0 Å². The van der Waals surface area contributed by atoms with Crippen molar-refractivity contribution in [1.29, 1.82) is 0 Å². The van der Waals surface area contributed by atoms with Crippen LogP contribution in [0.3, 0.4) is 0 Å². The SMILES string of the molecule is O=C(O)CC(=O)C1CN(C(c2ccccc2)c2ccccc2)C1. The Hall–Kier alpha value is -2.46. The van der Waals surface area contributed by atoms with E-state index in [1.165, 1.54) is 11.1 Å². The number of carbonyl (C=O) groups excluding carboxylic acids is 1. The van der Waals surface area contributed by atoms with Gasteiger partial charge in [-0.3, -0.25) is 14.5 Å². The summed E-state index contributed by atoms with van der Waals surface area (Å²) < 4.78 is 0. The average Bonchev–Trinajstić information content (AvgIpc) is 2.51. The predicted molar refractivity (Wildman–Crippen MR) is 87.0 cm³/mol. The number of aliphatic carboxylic acids is 1. The number of carboxylic acids is 1. The van der Waals surface area contributed by atoms with E-state index in [0.717, 1.165) is 0 Å². The van der Waals surface area contributed by atoms with Crippen LogP contribution in [0.4, 0.5) is 0 Å². The van der Waals surface area contributed by atoms with Crippen LogP contribution < -0.4 is 0 Å². The van der Waals surface area contributed by atoms with Crippen molar-refractivity contribution in [2.45, 2.75) is 12.5 Å². The summed E-state index contributed by atoms with van der Waals surface area (Å²) in [6, 6.07) is 20.5. The van der Waals surface area contributed by atoms with E-state index in [2.05, 4.69) is 29.2 Å². The molecular formula is C19H19NO3. The van der Waals surface area contributed by atoms with Gasteiger partial charge in [0.1, 0.15) is 12.2 Å². The Balaban J connectivity index is 1.77. The maximum atomic E-state index is 11.9. The highest BCUT2D eigenvalue weighted by Gasteiger charge is 2.38. The summed E-state index contributed by atoms with van der Waals surface area (Å²) in [4.78, 5) is 24.8. The third kappa shape index (κ3) is 3.48. The Morgan fingerprint density at radius 3 is 1.87 bits per heavy atom. The van der Waals surface area contributed by atoms with Crippen molar-refractivity contribution < 1.29 is 14.7 Å². The molecule has 0 amide bonds. The molecule has 1 saturated heterocycles. The van der Waals surface area contributed by atoms with E-state index in [9.17, 15) is 9.59 Å². The van der Waals surface area contributed by atoms with Crippen molar-refractivity contribution in [2.75, 3.05) is 13.1 Å². The van der Waals surface area contributed by atoms with Gasteiger partial charge in [0.25, 0.3) is 0 Å². The smallest absolute Gasteiger partial charge is 0.310 e. The van der Waals surface area contributed by atoms with Crippen LogP contribution in [-0.2, 0) is 9.59 Å². The normalized spacial score (nSPS) is 15.3. The number of benzene rings is 2. The summed E-state index contributed by atoms with van der Waals surface area (Å²) in [6.45, 7) is 1.22. The first kappa shape index (κ1) is 15.4. The minimum atomic E-state index is -1.05. The van der Waals surface area contributed by atoms with Crippen LogP contribution in [0.25, 0.3) is 0 Å². The predicted octanol–water partition coefficient (Wildman–Crippen LogP) is 2.75. The number of Topliss-reactive ketones (excluding diaryl/α,β-unsaturated/α-hetero) is 1. The fourth-order valence-electron chi connectivity index (χ4n) is 3.11. The molecule has 0 unspecified atom stereocenters. The molecule has 0 spiro atoms. The number of nitrogens with zero attached hydrogens (tertiary/aromatic N) is 1. The number of rotatable bonds is 6. The second-order valence-corrected chi connectivity index (χ2v) is 5.91. The lowest BCUT2D eigenvalue weighted by molar-refractivity contribution is -0.143. The van der Waals surface area contributed by atoms with Crippen molar-refractivity contribution in [2.24, 2.45) is 5.92 Å². The summed E-state index contributed by atoms with van der Waals surface area (Å²) in [5.74, 6) is -1.38.